The minimum Gasteiger partial charge on any atom is -0.342 e. The second-order valence-electron chi connectivity index (χ2n) is 6.16. The first-order valence-corrected chi connectivity index (χ1v) is 8.17. The highest BCUT2D eigenvalue weighted by molar-refractivity contribution is 5.99. The van der Waals surface area contributed by atoms with Gasteiger partial charge in [-0.2, -0.15) is 0 Å². The minimum absolute atomic E-state index is 0.204. The van der Waals surface area contributed by atoms with Gasteiger partial charge in [-0.15, -0.1) is 0 Å². The first kappa shape index (κ1) is 16.4. The molecule has 24 heavy (non-hydrogen) atoms. The van der Waals surface area contributed by atoms with Crippen LogP contribution in [0, 0.1) is 5.82 Å². The Morgan fingerprint density at radius 2 is 2.17 bits per heavy atom. The van der Waals surface area contributed by atoms with E-state index in [4.69, 9.17) is 0 Å². The van der Waals surface area contributed by atoms with Crippen LogP contribution in [-0.2, 0) is 16.0 Å². The Morgan fingerprint density at radius 1 is 1.38 bits per heavy atom. The van der Waals surface area contributed by atoms with Crippen molar-refractivity contribution in [2.75, 3.05) is 6.54 Å². The number of carbonyl (C=O) groups is 2. The Morgan fingerprint density at radius 3 is 2.92 bits per heavy atom. The lowest BCUT2D eigenvalue weighted by Crippen LogP contribution is -2.33. The molecule has 1 aliphatic carbocycles. The molecule has 0 radical (unpaired) electrons. The number of H-pyrrole nitrogens is 1. The van der Waals surface area contributed by atoms with E-state index >= 15 is 0 Å². The zero-order chi connectivity index (χ0) is 17.1. The van der Waals surface area contributed by atoms with Crippen molar-refractivity contribution in [3.05, 3.63) is 41.0 Å². The van der Waals surface area contributed by atoms with Gasteiger partial charge in [0, 0.05) is 18.5 Å². The Hall–Kier alpha value is -2.50. The average Bonchev–Trinajstić information content (AvgIpc) is 2.97. The van der Waals surface area contributed by atoms with Crippen molar-refractivity contribution in [1.82, 2.24) is 14.9 Å². The quantitative estimate of drug-likeness (QED) is 0.857. The number of nitrogens with zero attached hydrogens (tertiary/aromatic N) is 2. The number of carbonyl (C=O) groups excluding carboxylic acids is 2. The van der Waals surface area contributed by atoms with E-state index in [0.717, 1.165) is 36.8 Å². The maximum absolute atomic E-state index is 13.2. The van der Waals surface area contributed by atoms with E-state index in [9.17, 15) is 14.0 Å². The standard InChI is InChI=1S/C18H20FN3O2/c1-12-4-2-3-5-14(12)18(24)22(11-23)9-8-17-20-15-7-6-13(19)10-16(15)21-17/h6-7,10-11H,2-5,8-9H2,1H3,(H,20,21). The van der Waals surface area contributed by atoms with E-state index in [1.807, 2.05) is 6.92 Å². The second kappa shape index (κ2) is 6.95. The fourth-order valence-electron chi connectivity index (χ4n) is 3.10. The first-order chi connectivity index (χ1) is 11.6. The number of nitrogens with one attached hydrogen (secondary N) is 1. The third-order valence-corrected chi connectivity index (χ3v) is 4.47. The summed E-state index contributed by atoms with van der Waals surface area (Å²) in [5.41, 5.74) is 3.12. The third-order valence-electron chi connectivity index (χ3n) is 4.47. The van der Waals surface area contributed by atoms with Gasteiger partial charge in [-0.25, -0.2) is 9.37 Å². The summed E-state index contributed by atoms with van der Waals surface area (Å²) in [6.07, 6.45) is 4.73. The summed E-state index contributed by atoms with van der Waals surface area (Å²) in [5.74, 6) is 0.0936. The van der Waals surface area contributed by atoms with Crippen LogP contribution in [0.25, 0.3) is 11.0 Å². The van der Waals surface area contributed by atoms with Crippen molar-refractivity contribution in [1.29, 1.82) is 0 Å². The van der Waals surface area contributed by atoms with Gasteiger partial charge in [-0.05, 0) is 50.8 Å². The summed E-state index contributed by atoms with van der Waals surface area (Å²) >= 11 is 0. The summed E-state index contributed by atoms with van der Waals surface area (Å²) in [4.78, 5) is 32.5. The van der Waals surface area contributed by atoms with Gasteiger partial charge in [0.2, 0.25) is 6.41 Å². The first-order valence-electron chi connectivity index (χ1n) is 8.17. The molecule has 126 valence electrons. The fraction of sp³-hybridized carbons (Fsp3) is 0.389. The van der Waals surface area contributed by atoms with E-state index in [-0.39, 0.29) is 18.3 Å². The van der Waals surface area contributed by atoms with Crippen molar-refractivity contribution in [3.63, 3.8) is 0 Å². The van der Waals surface area contributed by atoms with Gasteiger partial charge in [-0.1, -0.05) is 5.57 Å². The van der Waals surface area contributed by atoms with Gasteiger partial charge in [0.1, 0.15) is 11.6 Å². The fourth-order valence-corrected chi connectivity index (χ4v) is 3.10. The molecule has 2 amide bonds. The Labute approximate surface area is 139 Å². The lowest BCUT2D eigenvalue weighted by molar-refractivity contribution is -0.135. The number of allylic oxidation sites excluding steroid dienone is 1. The number of halogens is 1. The highest BCUT2D eigenvalue weighted by atomic mass is 19.1. The van der Waals surface area contributed by atoms with E-state index in [2.05, 4.69) is 9.97 Å². The van der Waals surface area contributed by atoms with Crippen molar-refractivity contribution in [3.8, 4) is 0 Å². The molecule has 5 nitrogen and oxygen atoms in total. The number of benzene rings is 1. The molecule has 0 fully saturated rings. The maximum atomic E-state index is 13.2. The van der Waals surface area contributed by atoms with Crippen molar-refractivity contribution >= 4 is 23.4 Å². The van der Waals surface area contributed by atoms with Crippen molar-refractivity contribution < 1.29 is 14.0 Å². The third kappa shape index (κ3) is 3.37. The Balaban J connectivity index is 1.70. The molecule has 1 aromatic carbocycles. The van der Waals surface area contributed by atoms with Gasteiger partial charge in [0.25, 0.3) is 5.91 Å². The Kier molecular flexibility index (Phi) is 4.74. The van der Waals surface area contributed by atoms with Crippen LogP contribution >= 0.6 is 0 Å². The molecule has 0 bridgehead atoms. The highest BCUT2D eigenvalue weighted by Crippen LogP contribution is 2.25. The van der Waals surface area contributed by atoms with E-state index < -0.39 is 0 Å². The van der Waals surface area contributed by atoms with Crippen LogP contribution in [0.3, 0.4) is 0 Å². The lowest BCUT2D eigenvalue weighted by Gasteiger charge is -2.21. The second-order valence-corrected chi connectivity index (χ2v) is 6.16. The molecule has 0 atom stereocenters. The number of aromatic nitrogens is 2. The summed E-state index contributed by atoms with van der Waals surface area (Å²) < 4.78 is 13.2. The molecule has 1 aliphatic rings. The number of fused-ring (bicyclic) bond motifs is 1. The molecule has 1 N–H and O–H groups in total. The number of imidazole rings is 1. The van der Waals surface area contributed by atoms with Gasteiger partial charge in [0.15, 0.2) is 0 Å². The molecule has 0 spiro atoms. The number of amides is 2. The van der Waals surface area contributed by atoms with Crippen LogP contribution in [0.2, 0.25) is 0 Å². The molecule has 1 heterocycles. The molecule has 0 aliphatic heterocycles. The summed E-state index contributed by atoms with van der Waals surface area (Å²) in [5, 5.41) is 0. The minimum atomic E-state index is -0.331. The zero-order valence-electron chi connectivity index (χ0n) is 13.6. The summed E-state index contributed by atoms with van der Waals surface area (Å²) in [7, 11) is 0. The molecule has 2 aromatic rings. The zero-order valence-corrected chi connectivity index (χ0v) is 13.6. The van der Waals surface area contributed by atoms with Crippen molar-refractivity contribution in [2.45, 2.75) is 39.0 Å². The summed E-state index contributed by atoms with van der Waals surface area (Å²) in [6.45, 7) is 2.21. The van der Waals surface area contributed by atoms with Crippen LogP contribution in [0.5, 0.6) is 0 Å². The van der Waals surface area contributed by atoms with Crippen LogP contribution in [0.15, 0.2) is 29.3 Å². The lowest BCUT2D eigenvalue weighted by atomic mass is 9.92. The molecular weight excluding hydrogens is 309 g/mol. The number of imide groups is 1. The number of hydrogen-bond acceptors (Lipinski definition) is 3. The Bertz CT molecular complexity index is 810. The summed E-state index contributed by atoms with van der Waals surface area (Å²) in [6, 6.07) is 4.33. The number of hydrogen-bond donors (Lipinski definition) is 1. The van der Waals surface area contributed by atoms with E-state index in [1.165, 1.54) is 17.0 Å². The smallest absolute Gasteiger partial charge is 0.256 e. The van der Waals surface area contributed by atoms with Crippen LogP contribution in [0.1, 0.15) is 38.4 Å². The van der Waals surface area contributed by atoms with Gasteiger partial charge < -0.3 is 4.98 Å². The molecule has 1 aromatic heterocycles. The van der Waals surface area contributed by atoms with Crippen LogP contribution in [-0.4, -0.2) is 33.7 Å². The number of aromatic amines is 1. The monoisotopic (exact) mass is 329 g/mol. The van der Waals surface area contributed by atoms with E-state index in [1.54, 1.807) is 6.07 Å². The molecular formula is C18H20FN3O2. The largest absolute Gasteiger partial charge is 0.342 e. The van der Waals surface area contributed by atoms with Crippen LogP contribution in [0.4, 0.5) is 4.39 Å². The van der Waals surface area contributed by atoms with Crippen molar-refractivity contribution in [2.24, 2.45) is 0 Å². The molecule has 0 unspecified atom stereocenters. The molecule has 0 saturated heterocycles. The van der Waals surface area contributed by atoms with E-state index in [0.29, 0.717) is 29.7 Å². The molecule has 0 saturated carbocycles. The van der Waals surface area contributed by atoms with Gasteiger partial charge in [0.05, 0.1) is 11.0 Å². The maximum Gasteiger partial charge on any atom is 0.256 e. The molecule has 3 rings (SSSR count). The van der Waals surface area contributed by atoms with Gasteiger partial charge >= 0.3 is 0 Å². The topological polar surface area (TPSA) is 66.1 Å². The van der Waals surface area contributed by atoms with Crippen LogP contribution < -0.4 is 0 Å². The number of rotatable bonds is 5. The molecule has 6 heteroatoms. The van der Waals surface area contributed by atoms with Gasteiger partial charge in [-0.3, -0.25) is 14.5 Å². The predicted octanol–water partition coefficient (Wildman–Crippen LogP) is 3.12. The average molecular weight is 329 g/mol. The predicted molar refractivity (Wildman–Crippen MR) is 88.7 cm³/mol. The highest BCUT2D eigenvalue weighted by Gasteiger charge is 2.22. The SMILES string of the molecule is CC1=C(C(=O)N(C=O)CCc2nc3ccc(F)cc3[nH]2)CCCC1. The normalized spacial score (nSPS) is 14.9.